The summed E-state index contributed by atoms with van der Waals surface area (Å²) in [7, 11) is 2.03. The van der Waals surface area contributed by atoms with Crippen LogP contribution in [0, 0.1) is 0 Å². The first-order chi connectivity index (χ1) is 16.4. The van der Waals surface area contributed by atoms with Crippen LogP contribution in [0.1, 0.15) is 11.1 Å². The molecule has 1 saturated heterocycles. The minimum Gasteiger partial charge on any atom is -0.368 e. The molecule has 0 aliphatic carbocycles. The molecule has 0 spiro atoms. The summed E-state index contributed by atoms with van der Waals surface area (Å²) in [6.07, 6.45) is -8.67. The molecule has 0 unspecified atom stereocenters. The lowest BCUT2D eigenvalue weighted by Crippen LogP contribution is -2.44. The summed E-state index contributed by atoms with van der Waals surface area (Å²) in [6.45, 7) is 3.35. The van der Waals surface area contributed by atoms with Crippen molar-refractivity contribution >= 4 is 34.0 Å². The zero-order valence-electron chi connectivity index (χ0n) is 18.5. The van der Waals surface area contributed by atoms with Crippen molar-refractivity contribution in [1.82, 2.24) is 9.88 Å². The van der Waals surface area contributed by atoms with E-state index >= 15 is 0 Å². The summed E-state index contributed by atoms with van der Waals surface area (Å²) >= 11 is 0. The zero-order valence-corrected chi connectivity index (χ0v) is 18.5. The number of aromatic nitrogens is 1. The first-order valence-corrected chi connectivity index (χ1v) is 10.6. The standard InChI is InChI=1S/C23H21F6N5O/c1-33-5-7-34(8-6-33)20-4-2-3-19-18(20)12-17(13-30-19)32-21(35)31-16-10-14(22(24,25)26)9-15(11-16)23(27,28)29/h2-4,9-13H,5-8H2,1H3,(H2,31,32,35). The van der Waals surface area contributed by atoms with Gasteiger partial charge in [-0.1, -0.05) is 6.07 Å². The Balaban J connectivity index is 1.57. The van der Waals surface area contributed by atoms with Gasteiger partial charge in [-0.2, -0.15) is 26.3 Å². The fourth-order valence-electron chi connectivity index (χ4n) is 3.85. The average Bonchev–Trinajstić information content (AvgIpc) is 2.78. The number of anilines is 3. The summed E-state index contributed by atoms with van der Waals surface area (Å²) in [5.74, 6) is 0. The maximum atomic E-state index is 13.1. The maximum absolute atomic E-state index is 13.1. The van der Waals surface area contributed by atoms with Crippen LogP contribution in [0.5, 0.6) is 0 Å². The number of carbonyl (C=O) groups excluding carboxylic acids is 1. The van der Waals surface area contributed by atoms with E-state index in [-0.39, 0.29) is 11.8 Å². The maximum Gasteiger partial charge on any atom is 0.416 e. The Hall–Kier alpha value is -3.54. The molecule has 0 bridgehead atoms. The molecule has 2 heterocycles. The van der Waals surface area contributed by atoms with Crippen LogP contribution < -0.4 is 15.5 Å². The Kier molecular flexibility index (Phi) is 6.50. The number of amides is 2. The molecule has 1 fully saturated rings. The van der Waals surface area contributed by atoms with E-state index in [4.69, 9.17) is 0 Å². The molecule has 12 heteroatoms. The van der Waals surface area contributed by atoms with Crippen LogP contribution in [0.15, 0.2) is 48.7 Å². The summed E-state index contributed by atoms with van der Waals surface area (Å²) in [6, 6.07) is 7.15. The Morgan fingerprint density at radius 3 is 2.06 bits per heavy atom. The highest BCUT2D eigenvalue weighted by Gasteiger charge is 2.37. The highest BCUT2D eigenvalue weighted by atomic mass is 19.4. The van der Waals surface area contributed by atoms with Crippen molar-refractivity contribution in [3.05, 3.63) is 59.8 Å². The Bertz CT molecular complexity index is 1200. The van der Waals surface area contributed by atoms with Gasteiger partial charge in [0.05, 0.1) is 28.5 Å². The number of urea groups is 1. The molecule has 3 aromatic rings. The monoisotopic (exact) mass is 497 g/mol. The summed E-state index contributed by atoms with van der Waals surface area (Å²) in [4.78, 5) is 21.2. The van der Waals surface area contributed by atoms with Gasteiger partial charge in [-0.05, 0) is 43.4 Å². The normalized spacial score (nSPS) is 15.3. The van der Waals surface area contributed by atoms with E-state index in [0.717, 1.165) is 37.3 Å². The largest absolute Gasteiger partial charge is 0.416 e. The lowest BCUT2D eigenvalue weighted by Gasteiger charge is -2.34. The molecule has 1 aliphatic heterocycles. The number of benzene rings is 2. The van der Waals surface area contributed by atoms with E-state index in [1.807, 2.05) is 19.2 Å². The van der Waals surface area contributed by atoms with Crippen molar-refractivity contribution in [1.29, 1.82) is 0 Å². The van der Waals surface area contributed by atoms with Crippen LogP contribution in [0.4, 0.5) is 48.2 Å². The van der Waals surface area contributed by atoms with Gasteiger partial charge in [0, 0.05) is 42.9 Å². The second-order valence-electron chi connectivity index (χ2n) is 8.23. The molecule has 35 heavy (non-hydrogen) atoms. The Morgan fingerprint density at radius 1 is 0.857 bits per heavy atom. The van der Waals surface area contributed by atoms with E-state index in [9.17, 15) is 31.1 Å². The second-order valence-corrected chi connectivity index (χ2v) is 8.23. The van der Waals surface area contributed by atoms with Gasteiger partial charge in [0.25, 0.3) is 0 Å². The van der Waals surface area contributed by atoms with Crippen LogP contribution in [-0.2, 0) is 12.4 Å². The number of alkyl halides is 6. The third-order valence-electron chi connectivity index (χ3n) is 5.65. The number of nitrogens with zero attached hydrogens (tertiary/aromatic N) is 3. The van der Waals surface area contributed by atoms with Crippen LogP contribution >= 0.6 is 0 Å². The number of rotatable bonds is 3. The molecule has 0 atom stereocenters. The predicted molar refractivity (Wildman–Crippen MR) is 121 cm³/mol. The van der Waals surface area contributed by atoms with E-state index in [2.05, 4.69) is 25.4 Å². The summed E-state index contributed by atoms with van der Waals surface area (Å²) in [5, 5.41) is 5.24. The van der Waals surface area contributed by atoms with Gasteiger partial charge in [-0.15, -0.1) is 0 Å². The molecule has 1 aromatic heterocycles. The van der Waals surface area contributed by atoms with Crippen molar-refractivity contribution in [2.75, 3.05) is 48.8 Å². The van der Waals surface area contributed by atoms with Gasteiger partial charge in [0.2, 0.25) is 0 Å². The summed E-state index contributed by atoms with van der Waals surface area (Å²) in [5.41, 5.74) is -1.85. The highest BCUT2D eigenvalue weighted by molar-refractivity contribution is 6.02. The average molecular weight is 497 g/mol. The van der Waals surface area contributed by atoms with E-state index in [1.165, 1.54) is 6.20 Å². The number of fused-ring (bicyclic) bond motifs is 1. The minimum atomic E-state index is -5.02. The van der Waals surface area contributed by atoms with Crippen molar-refractivity contribution in [2.24, 2.45) is 0 Å². The quantitative estimate of drug-likeness (QED) is 0.458. The fraction of sp³-hybridized carbons (Fsp3) is 0.304. The molecule has 4 rings (SSSR count). The van der Waals surface area contributed by atoms with Crippen LogP contribution in [0.3, 0.4) is 0 Å². The van der Waals surface area contributed by atoms with E-state index < -0.39 is 35.2 Å². The zero-order chi connectivity index (χ0) is 25.4. The van der Waals surface area contributed by atoms with Gasteiger partial charge in [-0.3, -0.25) is 4.98 Å². The number of nitrogens with one attached hydrogen (secondary N) is 2. The lowest BCUT2D eigenvalue weighted by atomic mass is 10.1. The summed E-state index contributed by atoms with van der Waals surface area (Å²) < 4.78 is 78.4. The number of hydrogen-bond donors (Lipinski definition) is 2. The number of piperazine rings is 1. The SMILES string of the molecule is CN1CCN(c2cccc3ncc(NC(=O)Nc4cc(C(F)(F)F)cc(C(F)(F)F)c4)cc23)CC1. The predicted octanol–water partition coefficient (Wildman–Crippen LogP) is 5.67. The van der Waals surface area contributed by atoms with Crippen LogP contribution in [0.2, 0.25) is 0 Å². The van der Waals surface area contributed by atoms with Gasteiger partial charge in [-0.25, -0.2) is 4.79 Å². The molecule has 2 amide bonds. The Morgan fingerprint density at radius 2 is 1.46 bits per heavy atom. The highest BCUT2D eigenvalue weighted by Crippen LogP contribution is 2.37. The van der Waals surface area contributed by atoms with E-state index in [0.29, 0.717) is 17.6 Å². The van der Waals surface area contributed by atoms with Crippen LogP contribution in [0.25, 0.3) is 10.9 Å². The molecule has 186 valence electrons. The molecular weight excluding hydrogens is 476 g/mol. The van der Waals surface area contributed by atoms with Gasteiger partial charge >= 0.3 is 18.4 Å². The second kappa shape index (κ2) is 9.25. The van der Waals surface area contributed by atoms with Crippen molar-refractivity contribution < 1.29 is 31.1 Å². The first kappa shape index (κ1) is 24.6. The first-order valence-electron chi connectivity index (χ1n) is 10.6. The van der Waals surface area contributed by atoms with Crippen LogP contribution in [-0.4, -0.2) is 49.1 Å². The number of pyridine rings is 1. The van der Waals surface area contributed by atoms with Gasteiger partial charge in [0.15, 0.2) is 0 Å². The van der Waals surface area contributed by atoms with E-state index in [1.54, 1.807) is 12.1 Å². The third kappa shape index (κ3) is 5.76. The van der Waals surface area contributed by atoms with Gasteiger partial charge in [0.1, 0.15) is 0 Å². The number of halogens is 6. The van der Waals surface area contributed by atoms with Crippen molar-refractivity contribution in [3.63, 3.8) is 0 Å². The molecule has 0 saturated carbocycles. The molecular formula is C23H21F6N5O. The number of likely N-dealkylation sites (N-methyl/N-ethyl adjacent to an activating group) is 1. The third-order valence-corrected chi connectivity index (χ3v) is 5.65. The number of hydrogen-bond acceptors (Lipinski definition) is 4. The minimum absolute atomic E-state index is 0.00375. The number of carbonyl (C=O) groups is 1. The topological polar surface area (TPSA) is 60.5 Å². The van der Waals surface area contributed by atoms with Gasteiger partial charge < -0.3 is 20.4 Å². The molecule has 0 radical (unpaired) electrons. The molecule has 1 aliphatic rings. The molecule has 2 N–H and O–H groups in total. The van der Waals surface area contributed by atoms with Crippen molar-refractivity contribution in [3.8, 4) is 0 Å². The fourth-order valence-corrected chi connectivity index (χ4v) is 3.85. The Labute approximate surface area is 196 Å². The molecule has 2 aromatic carbocycles. The smallest absolute Gasteiger partial charge is 0.368 e. The van der Waals surface area contributed by atoms with Crippen molar-refractivity contribution in [2.45, 2.75) is 12.4 Å². The lowest BCUT2D eigenvalue weighted by molar-refractivity contribution is -0.143. The molecule has 6 nitrogen and oxygen atoms in total.